The lowest BCUT2D eigenvalue weighted by Gasteiger charge is -2.26. The summed E-state index contributed by atoms with van der Waals surface area (Å²) in [5.74, 6) is -0.290. The van der Waals surface area contributed by atoms with Crippen LogP contribution in [0.25, 0.3) is 10.8 Å². The third kappa shape index (κ3) is 1.67. The Labute approximate surface area is 127 Å². The fraction of sp³-hybridized carbons (Fsp3) is 0.0556. The zero-order valence-electron chi connectivity index (χ0n) is 11.9. The zero-order chi connectivity index (χ0) is 15.3. The first-order valence-corrected chi connectivity index (χ1v) is 7.00. The highest BCUT2D eigenvalue weighted by Gasteiger charge is 2.34. The molecule has 0 fully saturated rings. The van der Waals surface area contributed by atoms with Crippen molar-refractivity contribution in [2.24, 2.45) is 0 Å². The maximum absolute atomic E-state index is 12.8. The van der Waals surface area contributed by atoms with Crippen molar-refractivity contribution >= 4 is 28.4 Å². The SMILES string of the molecule is Cc1ccnc(N2C(=O)c3cccc4cccc(c34)C2=O)c1. The Balaban J connectivity index is 2.00. The zero-order valence-corrected chi connectivity index (χ0v) is 11.9. The first kappa shape index (κ1) is 12.7. The quantitative estimate of drug-likeness (QED) is 0.645. The van der Waals surface area contributed by atoms with E-state index in [1.807, 2.05) is 37.3 Å². The van der Waals surface area contributed by atoms with Crippen LogP contribution in [0.5, 0.6) is 0 Å². The average molecular weight is 288 g/mol. The number of hydrogen-bond donors (Lipinski definition) is 0. The summed E-state index contributed by atoms with van der Waals surface area (Å²) in [6.45, 7) is 1.90. The highest BCUT2D eigenvalue weighted by atomic mass is 16.2. The average Bonchev–Trinajstić information content (AvgIpc) is 2.53. The van der Waals surface area contributed by atoms with Crippen LogP contribution < -0.4 is 4.90 Å². The maximum atomic E-state index is 12.8. The molecule has 0 saturated carbocycles. The van der Waals surface area contributed by atoms with E-state index >= 15 is 0 Å². The molecule has 0 N–H and O–H groups in total. The van der Waals surface area contributed by atoms with Crippen molar-refractivity contribution in [3.8, 4) is 0 Å². The second kappa shape index (κ2) is 4.49. The summed E-state index contributed by atoms with van der Waals surface area (Å²) in [7, 11) is 0. The Bertz CT molecular complexity index is 896. The molecule has 0 atom stereocenters. The van der Waals surface area contributed by atoms with Gasteiger partial charge in [0.1, 0.15) is 5.82 Å². The number of benzene rings is 2. The van der Waals surface area contributed by atoms with Gasteiger partial charge < -0.3 is 0 Å². The van der Waals surface area contributed by atoms with Gasteiger partial charge in [0.15, 0.2) is 0 Å². The van der Waals surface area contributed by atoms with E-state index < -0.39 is 0 Å². The molecular formula is C18H12N2O2. The number of imide groups is 1. The Kier molecular flexibility index (Phi) is 2.60. The van der Waals surface area contributed by atoms with Gasteiger partial charge >= 0.3 is 0 Å². The number of carbonyl (C=O) groups excluding carboxylic acids is 2. The Hall–Kier alpha value is -3.01. The van der Waals surface area contributed by atoms with Crippen LogP contribution in [0.15, 0.2) is 54.7 Å². The van der Waals surface area contributed by atoms with Crippen LogP contribution >= 0.6 is 0 Å². The van der Waals surface area contributed by atoms with Crippen LogP contribution in [0.1, 0.15) is 26.3 Å². The first-order valence-electron chi connectivity index (χ1n) is 7.00. The number of pyridine rings is 1. The van der Waals surface area contributed by atoms with Gasteiger partial charge in [-0.2, -0.15) is 0 Å². The van der Waals surface area contributed by atoms with Gasteiger partial charge in [0.25, 0.3) is 11.8 Å². The van der Waals surface area contributed by atoms with E-state index in [4.69, 9.17) is 0 Å². The smallest absolute Gasteiger partial charge is 0.267 e. The van der Waals surface area contributed by atoms with Crippen molar-refractivity contribution in [3.63, 3.8) is 0 Å². The fourth-order valence-electron chi connectivity index (χ4n) is 2.88. The lowest BCUT2D eigenvalue weighted by molar-refractivity contribution is 0.0892. The summed E-state index contributed by atoms with van der Waals surface area (Å²) >= 11 is 0. The van der Waals surface area contributed by atoms with E-state index in [0.717, 1.165) is 21.2 Å². The summed E-state index contributed by atoms with van der Waals surface area (Å²) in [6.07, 6.45) is 1.60. The molecule has 0 bridgehead atoms. The summed E-state index contributed by atoms with van der Waals surface area (Å²) < 4.78 is 0. The number of nitrogens with zero attached hydrogens (tertiary/aromatic N) is 2. The highest BCUT2D eigenvalue weighted by Crippen LogP contribution is 2.32. The molecule has 4 rings (SSSR count). The number of aromatic nitrogens is 1. The van der Waals surface area contributed by atoms with Gasteiger partial charge in [-0.05, 0) is 42.1 Å². The minimum Gasteiger partial charge on any atom is -0.268 e. The molecule has 2 aromatic carbocycles. The Morgan fingerprint density at radius 1 is 0.909 bits per heavy atom. The molecule has 0 aliphatic carbocycles. The van der Waals surface area contributed by atoms with E-state index in [1.54, 1.807) is 24.4 Å². The summed E-state index contributed by atoms with van der Waals surface area (Å²) in [5, 5.41) is 1.62. The molecule has 1 aliphatic rings. The highest BCUT2D eigenvalue weighted by molar-refractivity contribution is 6.35. The first-order chi connectivity index (χ1) is 10.7. The number of hydrogen-bond acceptors (Lipinski definition) is 3. The number of rotatable bonds is 1. The van der Waals surface area contributed by atoms with Gasteiger partial charge in [0, 0.05) is 22.7 Å². The predicted molar refractivity (Wildman–Crippen MR) is 84.1 cm³/mol. The standard InChI is InChI=1S/C18H12N2O2/c1-11-8-9-19-15(10-11)20-17(21)13-6-2-4-12-5-3-7-14(16(12)13)18(20)22/h2-10H,1H3. The van der Waals surface area contributed by atoms with Crippen LogP contribution in [-0.4, -0.2) is 16.8 Å². The summed E-state index contributed by atoms with van der Waals surface area (Å²) in [5.41, 5.74) is 2.02. The molecule has 2 heterocycles. The molecule has 0 spiro atoms. The molecule has 106 valence electrons. The normalized spacial score (nSPS) is 13.8. The number of carbonyl (C=O) groups is 2. The monoisotopic (exact) mass is 288 g/mol. The maximum Gasteiger partial charge on any atom is 0.267 e. The van der Waals surface area contributed by atoms with Crippen molar-refractivity contribution < 1.29 is 9.59 Å². The lowest BCUT2D eigenvalue weighted by Crippen LogP contribution is -2.41. The number of amides is 2. The van der Waals surface area contributed by atoms with E-state index in [2.05, 4.69) is 4.98 Å². The minimum atomic E-state index is -0.326. The predicted octanol–water partition coefficient (Wildman–Crippen LogP) is 3.34. The largest absolute Gasteiger partial charge is 0.268 e. The molecule has 1 aliphatic heterocycles. The van der Waals surface area contributed by atoms with Gasteiger partial charge in [-0.3, -0.25) is 9.59 Å². The molecule has 3 aromatic rings. The van der Waals surface area contributed by atoms with Crippen molar-refractivity contribution in [3.05, 3.63) is 71.4 Å². The van der Waals surface area contributed by atoms with Crippen LogP contribution in [-0.2, 0) is 0 Å². The van der Waals surface area contributed by atoms with Gasteiger partial charge in [-0.15, -0.1) is 0 Å². The fourth-order valence-corrected chi connectivity index (χ4v) is 2.88. The molecular weight excluding hydrogens is 276 g/mol. The van der Waals surface area contributed by atoms with Crippen LogP contribution in [0.2, 0.25) is 0 Å². The summed E-state index contributed by atoms with van der Waals surface area (Å²) in [4.78, 5) is 30.9. The molecule has 0 unspecified atom stereocenters. The number of aryl methyl sites for hydroxylation is 1. The second-order valence-corrected chi connectivity index (χ2v) is 5.35. The third-order valence-electron chi connectivity index (χ3n) is 3.90. The van der Waals surface area contributed by atoms with Crippen molar-refractivity contribution in [1.82, 2.24) is 4.98 Å². The lowest BCUT2D eigenvalue weighted by atomic mass is 9.94. The molecule has 22 heavy (non-hydrogen) atoms. The molecule has 4 heteroatoms. The molecule has 0 radical (unpaired) electrons. The van der Waals surface area contributed by atoms with Crippen LogP contribution in [0.4, 0.5) is 5.82 Å². The Morgan fingerprint density at radius 2 is 1.55 bits per heavy atom. The van der Waals surface area contributed by atoms with Gasteiger partial charge in [0.2, 0.25) is 0 Å². The van der Waals surface area contributed by atoms with Crippen molar-refractivity contribution in [2.45, 2.75) is 6.92 Å². The van der Waals surface area contributed by atoms with Crippen LogP contribution in [0.3, 0.4) is 0 Å². The van der Waals surface area contributed by atoms with E-state index in [9.17, 15) is 9.59 Å². The molecule has 1 aromatic heterocycles. The Morgan fingerprint density at radius 3 is 2.14 bits per heavy atom. The van der Waals surface area contributed by atoms with Crippen LogP contribution in [0, 0.1) is 6.92 Å². The van der Waals surface area contributed by atoms with E-state index in [-0.39, 0.29) is 11.8 Å². The van der Waals surface area contributed by atoms with E-state index in [1.165, 1.54) is 0 Å². The van der Waals surface area contributed by atoms with Gasteiger partial charge in [-0.1, -0.05) is 24.3 Å². The van der Waals surface area contributed by atoms with Crippen molar-refractivity contribution in [2.75, 3.05) is 4.90 Å². The molecule has 0 saturated heterocycles. The summed E-state index contributed by atoms with van der Waals surface area (Å²) in [6, 6.07) is 14.6. The number of anilines is 1. The van der Waals surface area contributed by atoms with Gasteiger partial charge in [0.05, 0.1) is 0 Å². The third-order valence-corrected chi connectivity index (χ3v) is 3.90. The van der Waals surface area contributed by atoms with E-state index in [0.29, 0.717) is 16.9 Å². The molecule has 2 amide bonds. The second-order valence-electron chi connectivity index (χ2n) is 5.35. The topological polar surface area (TPSA) is 50.3 Å². The molecule has 4 nitrogen and oxygen atoms in total. The minimum absolute atomic E-state index is 0.326. The van der Waals surface area contributed by atoms with Crippen molar-refractivity contribution in [1.29, 1.82) is 0 Å². The van der Waals surface area contributed by atoms with Gasteiger partial charge in [-0.25, -0.2) is 9.88 Å².